The van der Waals surface area contributed by atoms with Gasteiger partial charge in [-0.3, -0.25) is 4.98 Å². The molecule has 0 aliphatic rings. The number of ether oxygens (including phenoxy) is 5. The zero-order chi connectivity index (χ0) is 58.0. The van der Waals surface area contributed by atoms with Gasteiger partial charge < -0.3 is 82.0 Å². The van der Waals surface area contributed by atoms with Gasteiger partial charge in [0.25, 0.3) is 0 Å². The van der Waals surface area contributed by atoms with Gasteiger partial charge in [0.05, 0.1) is 28.4 Å². The number of nitrogens with two attached hydrogens (primary N) is 3. The topological polar surface area (TPSA) is 387 Å². The van der Waals surface area contributed by atoms with E-state index in [4.69, 9.17) is 50.5 Å². The molecular weight excluding hydrogens is 1010 g/mol. The lowest BCUT2D eigenvalue weighted by Gasteiger charge is -2.22. The molecule has 5 aromatic rings. The number of rotatable bonds is 17. The fourth-order valence-electron chi connectivity index (χ4n) is 5.97. The molecule has 0 aliphatic heterocycles. The number of nitrogens with one attached hydrogen (secondary N) is 4. The van der Waals surface area contributed by atoms with Crippen molar-refractivity contribution in [3.05, 3.63) is 90.2 Å². The minimum absolute atomic E-state index is 0.114. The van der Waals surface area contributed by atoms with Crippen LogP contribution in [0.3, 0.4) is 0 Å². The van der Waals surface area contributed by atoms with E-state index >= 15 is 0 Å². The first kappa shape index (κ1) is 62.2. The van der Waals surface area contributed by atoms with Crippen molar-refractivity contribution < 1.29 is 76.7 Å². The number of anilines is 4. The van der Waals surface area contributed by atoms with E-state index in [1.54, 1.807) is 125 Å². The molecule has 3 atom stereocenters. The molecule has 77 heavy (non-hydrogen) atoms. The summed E-state index contributed by atoms with van der Waals surface area (Å²) in [6.07, 6.45) is -0.864. The Bertz CT molecular complexity index is 2830. The number of nitrogens with zero attached hydrogens (tertiary/aromatic N) is 3. The van der Waals surface area contributed by atoms with Gasteiger partial charge in [0.15, 0.2) is 12.1 Å². The highest BCUT2D eigenvalue weighted by atomic mass is 19.1. The standard InChI is InChI=1S/C19H23N3O5.C17H22N4O6.C15H22FN3O4/c1-19(2,3)27-18(25)22-15(17(23)24)11-26-16-8-7-12(10-13(16)20)14-6-4-5-9-21-14;1-9-19-14(21-27-9)10-5-6-13(11(18)7-10)25-8-12(15(22)23)20-16(24)26-17(2,3)4;1-8-5-9(16)12(17)10(6-8)18-7-11(13(20)21)19-14(22)23-15(2,3)4/h4-10,15H,11,20H2,1-3H3,(H,22,25)(H,23,24);5-7,12H,8,18H2,1-4H3,(H,20,24)(H,22,23);5-6,11,18H,7,17H2,1-4H3,(H,19,22)(H,20,21)/t15-;12-;11-/m000/s1. The molecule has 13 N–H and O–H groups in total. The third-order valence-electron chi connectivity index (χ3n) is 9.31. The molecule has 3 aromatic carbocycles. The Morgan fingerprint density at radius 1 is 0.636 bits per heavy atom. The molecule has 3 amide bonds. The summed E-state index contributed by atoms with van der Waals surface area (Å²) in [7, 11) is 0. The summed E-state index contributed by atoms with van der Waals surface area (Å²) >= 11 is 0. The Hall–Kier alpha value is -9.10. The number of carboxylic acid groups (broad SMARTS) is 3. The molecule has 0 radical (unpaired) electrons. The van der Waals surface area contributed by atoms with E-state index in [-0.39, 0.29) is 42.6 Å². The summed E-state index contributed by atoms with van der Waals surface area (Å²) in [5.41, 5.74) is 18.9. The first-order chi connectivity index (χ1) is 35.7. The van der Waals surface area contributed by atoms with E-state index in [1.165, 1.54) is 6.07 Å². The van der Waals surface area contributed by atoms with Crippen molar-refractivity contribution in [1.29, 1.82) is 0 Å². The number of amides is 3. The van der Waals surface area contributed by atoms with Crippen LogP contribution in [0.4, 0.5) is 41.5 Å². The largest absolute Gasteiger partial charge is 0.489 e. The van der Waals surface area contributed by atoms with Gasteiger partial charge in [0.2, 0.25) is 11.7 Å². The van der Waals surface area contributed by atoms with Gasteiger partial charge in [0, 0.05) is 30.8 Å². The van der Waals surface area contributed by atoms with Crippen molar-refractivity contribution in [2.45, 2.75) is 111 Å². The maximum absolute atomic E-state index is 13.5. The van der Waals surface area contributed by atoms with E-state index in [2.05, 4.69) is 36.4 Å². The van der Waals surface area contributed by atoms with Crippen LogP contribution in [0.15, 0.2) is 77.4 Å². The van der Waals surface area contributed by atoms with Crippen molar-refractivity contribution in [3.63, 3.8) is 0 Å². The maximum atomic E-state index is 13.5. The Morgan fingerprint density at radius 2 is 1.09 bits per heavy atom. The number of hydrogen-bond acceptors (Lipinski definition) is 19. The number of carbonyl (C=O) groups is 6. The van der Waals surface area contributed by atoms with Crippen molar-refractivity contribution in [3.8, 4) is 34.1 Å². The number of carboxylic acids is 3. The fraction of sp³-hybridized carbons (Fsp3) is 0.392. The van der Waals surface area contributed by atoms with Crippen LogP contribution in [-0.4, -0.2) is 121 Å². The first-order valence-electron chi connectivity index (χ1n) is 23.4. The molecule has 0 fully saturated rings. The van der Waals surface area contributed by atoms with Crippen LogP contribution < -0.4 is 47.9 Å². The summed E-state index contributed by atoms with van der Waals surface area (Å²) in [4.78, 5) is 77.4. The monoisotopic (exact) mass is 1080 g/mol. The molecule has 0 spiro atoms. The van der Waals surface area contributed by atoms with Crippen LogP contribution in [0.1, 0.15) is 73.8 Å². The number of aromatic nitrogens is 3. The molecule has 418 valence electrons. The van der Waals surface area contributed by atoms with Crippen LogP contribution in [-0.2, 0) is 28.6 Å². The summed E-state index contributed by atoms with van der Waals surface area (Å²) in [5, 5.41) is 41.0. The number of pyridine rings is 1. The van der Waals surface area contributed by atoms with Gasteiger partial charge in [-0.2, -0.15) is 4.98 Å². The molecule has 0 saturated carbocycles. The Morgan fingerprint density at radius 3 is 1.49 bits per heavy atom. The predicted octanol–water partition coefficient (Wildman–Crippen LogP) is 6.78. The second kappa shape index (κ2) is 27.4. The molecule has 0 bridgehead atoms. The second-order valence-corrected chi connectivity index (χ2v) is 19.7. The summed E-state index contributed by atoms with van der Waals surface area (Å²) < 4.78 is 44.5. The number of benzene rings is 3. The summed E-state index contributed by atoms with van der Waals surface area (Å²) in [6, 6.07) is 14.4. The summed E-state index contributed by atoms with van der Waals surface area (Å²) in [5.74, 6) is -3.00. The highest BCUT2D eigenvalue weighted by Crippen LogP contribution is 2.29. The molecule has 26 heteroatoms. The van der Waals surface area contributed by atoms with E-state index in [9.17, 15) is 43.4 Å². The molecule has 5 rings (SSSR count). The number of hydrogen-bond donors (Lipinski definition) is 10. The van der Waals surface area contributed by atoms with E-state index in [1.807, 2.05) is 18.2 Å². The van der Waals surface area contributed by atoms with E-state index < -0.39 is 76.9 Å². The van der Waals surface area contributed by atoms with Gasteiger partial charge in [-0.15, -0.1) is 0 Å². The fourth-order valence-corrected chi connectivity index (χ4v) is 5.97. The zero-order valence-electron chi connectivity index (χ0n) is 44.5. The normalized spacial score (nSPS) is 12.3. The lowest BCUT2D eigenvalue weighted by Crippen LogP contribution is -2.47. The van der Waals surface area contributed by atoms with Crippen molar-refractivity contribution >= 4 is 58.9 Å². The third-order valence-corrected chi connectivity index (χ3v) is 9.31. The minimum atomic E-state index is -1.31. The van der Waals surface area contributed by atoms with Crippen LogP contribution >= 0.6 is 0 Å². The second-order valence-electron chi connectivity index (χ2n) is 19.7. The average Bonchev–Trinajstić information content (AvgIpc) is 3.74. The molecule has 0 aliphatic carbocycles. The van der Waals surface area contributed by atoms with Gasteiger partial charge in [-0.1, -0.05) is 11.2 Å². The predicted molar refractivity (Wildman–Crippen MR) is 280 cm³/mol. The number of alkyl carbamates (subject to hydrolysis) is 3. The molecule has 2 heterocycles. The van der Waals surface area contributed by atoms with Crippen LogP contribution in [0.5, 0.6) is 11.5 Å². The first-order valence-corrected chi connectivity index (χ1v) is 23.4. The van der Waals surface area contributed by atoms with Crippen LogP contribution in [0.2, 0.25) is 0 Å². The number of nitrogen functional groups attached to an aromatic ring is 3. The van der Waals surface area contributed by atoms with Gasteiger partial charge in [-0.05, 0) is 135 Å². The van der Waals surface area contributed by atoms with E-state index in [0.29, 0.717) is 34.3 Å². The van der Waals surface area contributed by atoms with Gasteiger partial charge in [-0.25, -0.2) is 33.2 Å². The Balaban J connectivity index is 0.000000305. The highest BCUT2D eigenvalue weighted by molar-refractivity contribution is 5.82. The van der Waals surface area contributed by atoms with Crippen molar-refractivity contribution in [1.82, 2.24) is 31.1 Å². The smallest absolute Gasteiger partial charge is 0.408 e. The highest BCUT2D eigenvalue weighted by Gasteiger charge is 2.28. The van der Waals surface area contributed by atoms with Gasteiger partial charge >= 0.3 is 36.2 Å². The number of halogens is 1. The Kier molecular flexibility index (Phi) is 22.2. The summed E-state index contributed by atoms with van der Waals surface area (Å²) in [6.45, 7) is 17.6. The third kappa shape index (κ3) is 22.5. The quantitative estimate of drug-likeness (QED) is 0.0339. The molecule has 0 saturated heterocycles. The van der Waals surface area contributed by atoms with Crippen molar-refractivity contribution in [2.75, 3.05) is 42.3 Å². The number of aliphatic carboxylic acids is 3. The molecular formula is C51H67FN10O15. The van der Waals surface area contributed by atoms with E-state index in [0.717, 1.165) is 11.3 Å². The van der Waals surface area contributed by atoms with Gasteiger partial charge in [0.1, 0.15) is 53.4 Å². The minimum Gasteiger partial charge on any atom is -0.489 e. The Labute approximate surface area is 443 Å². The SMILES string of the molecule is CC(C)(C)OC(=O)N[C@@H](COc1ccc(-c2ccccn2)cc1N)C(=O)O.Cc1cc(F)c(N)c(NC[C@H](NC(=O)OC(C)(C)C)C(=O)O)c1.Cc1nc(-c2ccc(OC[C@H](NC(=O)OC(C)(C)C)C(=O)O)c(N)c2)no1. The van der Waals surface area contributed by atoms with Crippen LogP contribution in [0, 0.1) is 19.7 Å². The molecule has 25 nitrogen and oxygen atoms in total. The average molecular weight is 1080 g/mol. The number of carbonyl (C=O) groups excluding carboxylic acids is 3. The van der Waals surface area contributed by atoms with Crippen molar-refractivity contribution in [2.24, 2.45) is 0 Å². The lowest BCUT2D eigenvalue weighted by atomic mass is 10.1. The molecule has 2 aromatic heterocycles. The maximum Gasteiger partial charge on any atom is 0.408 e. The number of aryl methyl sites for hydroxylation is 2. The zero-order valence-corrected chi connectivity index (χ0v) is 44.5. The molecule has 0 unspecified atom stereocenters. The lowest BCUT2D eigenvalue weighted by molar-refractivity contribution is -0.141. The van der Waals surface area contributed by atoms with Crippen LogP contribution in [0.25, 0.3) is 22.6 Å².